The quantitative estimate of drug-likeness (QED) is 0.782. The molecule has 0 aliphatic carbocycles. The summed E-state index contributed by atoms with van der Waals surface area (Å²) in [5.74, 6) is 0.211. The van der Waals surface area contributed by atoms with E-state index < -0.39 is 0 Å². The minimum Gasteiger partial charge on any atom is -0.507 e. The van der Waals surface area contributed by atoms with Crippen molar-refractivity contribution in [2.45, 2.75) is 0 Å². The molecule has 2 rings (SSSR count). The minimum atomic E-state index is 0.211. The molecule has 4 heteroatoms. The molecule has 0 amide bonds. The third-order valence-corrected chi connectivity index (χ3v) is 2.51. The van der Waals surface area contributed by atoms with Crippen LogP contribution in [0.2, 0.25) is 5.15 Å². The number of nitrogens with zero attached hydrogens (tertiary/aromatic N) is 2. The lowest BCUT2D eigenvalue weighted by Gasteiger charge is -2.01. The molecule has 0 aliphatic rings. The molecule has 0 aliphatic heterocycles. The van der Waals surface area contributed by atoms with Crippen molar-refractivity contribution in [3.05, 3.63) is 35.6 Å². The van der Waals surface area contributed by atoms with E-state index in [-0.39, 0.29) is 5.75 Å². The Labute approximate surface area is 86.6 Å². The summed E-state index contributed by atoms with van der Waals surface area (Å²) in [6.07, 6.45) is 1.64. The molecule has 1 aromatic heterocycles. The first kappa shape index (κ1) is 9.09. The molecule has 0 bridgehead atoms. The molecule has 0 saturated carbocycles. The molecule has 72 valence electrons. The molecule has 0 unspecified atom stereocenters. The first-order chi connectivity index (χ1) is 6.70. The average molecular weight is 209 g/mol. The summed E-state index contributed by atoms with van der Waals surface area (Å²) in [5, 5.41) is 14.1. The van der Waals surface area contributed by atoms with Crippen LogP contribution in [0.5, 0.6) is 5.75 Å². The molecule has 0 radical (unpaired) electrons. The van der Waals surface area contributed by atoms with Gasteiger partial charge in [0.15, 0.2) is 0 Å². The van der Waals surface area contributed by atoms with Gasteiger partial charge in [0.2, 0.25) is 0 Å². The number of rotatable bonds is 1. The highest BCUT2D eigenvalue weighted by molar-refractivity contribution is 6.32. The van der Waals surface area contributed by atoms with Gasteiger partial charge < -0.3 is 5.11 Å². The number of hydrogen-bond acceptors (Lipinski definition) is 2. The van der Waals surface area contributed by atoms with Gasteiger partial charge in [-0.2, -0.15) is 5.10 Å². The number of hydrogen-bond donors (Lipinski definition) is 1. The lowest BCUT2D eigenvalue weighted by molar-refractivity contribution is 0.477. The van der Waals surface area contributed by atoms with E-state index in [9.17, 15) is 5.11 Å². The normalized spacial score (nSPS) is 10.4. The Kier molecular flexibility index (Phi) is 2.17. The van der Waals surface area contributed by atoms with Gasteiger partial charge in [0.05, 0.1) is 6.20 Å². The highest BCUT2D eigenvalue weighted by Crippen LogP contribution is 2.33. The molecule has 14 heavy (non-hydrogen) atoms. The Balaban J connectivity index is 2.60. The second kappa shape index (κ2) is 3.35. The van der Waals surface area contributed by atoms with Gasteiger partial charge >= 0.3 is 0 Å². The minimum absolute atomic E-state index is 0.211. The number of para-hydroxylation sites is 1. The summed E-state index contributed by atoms with van der Waals surface area (Å²) in [4.78, 5) is 0. The maximum absolute atomic E-state index is 9.60. The summed E-state index contributed by atoms with van der Waals surface area (Å²) < 4.78 is 1.56. The first-order valence-corrected chi connectivity index (χ1v) is 4.54. The number of benzene rings is 1. The van der Waals surface area contributed by atoms with Crippen LogP contribution in [0.3, 0.4) is 0 Å². The van der Waals surface area contributed by atoms with E-state index >= 15 is 0 Å². The standard InChI is InChI=1S/C10H9ClN2O/c1-13-10(11)8(6-12-13)7-4-2-3-5-9(7)14/h2-6,14H,1H3. The fraction of sp³-hybridized carbons (Fsp3) is 0.100. The zero-order chi connectivity index (χ0) is 10.1. The van der Waals surface area contributed by atoms with Crippen molar-refractivity contribution in [1.29, 1.82) is 0 Å². The molecule has 3 nitrogen and oxygen atoms in total. The largest absolute Gasteiger partial charge is 0.507 e. The van der Waals surface area contributed by atoms with E-state index in [0.717, 1.165) is 5.56 Å². The predicted octanol–water partition coefficient (Wildman–Crippen LogP) is 2.45. The van der Waals surface area contributed by atoms with Crippen molar-refractivity contribution in [1.82, 2.24) is 9.78 Å². The van der Waals surface area contributed by atoms with Crippen LogP contribution in [0, 0.1) is 0 Å². The van der Waals surface area contributed by atoms with Crippen LogP contribution in [0.4, 0.5) is 0 Å². The first-order valence-electron chi connectivity index (χ1n) is 4.16. The summed E-state index contributed by atoms with van der Waals surface area (Å²) in [5.41, 5.74) is 1.44. The number of aryl methyl sites for hydroxylation is 1. The maximum Gasteiger partial charge on any atom is 0.134 e. The lowest BCUT2D eigenvalue weighted by Crippen LogP contribution is -1.88. The fourth-order valence-electron chi connectivity index (χ4n) is 1.30. The second-order valence-electron chi connectivity index (χ2n) is 2.99. The number of aromatic hydroxyl groups is 1. The SMILES string of the molecule is Cn1ncc(-c2ccccc2O)c1Cl. The van der Waals surface area contributed by atoms with Crippen molar-refractivity contribution < 1.29 is 5.11 Å². The Morgan fingerprint density at radius 3 is 2.57 bits per heavy atom. The Morgan fingerprint density at radius 2 is 2.00 bits per heavy atom. The molecule has 1 heterocycles. The van der Waals surface area contributed by atoms with Gasteiger partial charge in [-0.05, 0) is 6.07 Å². The molecule has 1 aromatic carbocycles. The second-order valence-corrected chi connectivity index (χ2v) is 3.35. The van der Waals surface area contributed by atoms with Crippen LogP contribution < -0.4 is 0 Å². The van der Waals surface area contributed by atoms with Crippen LogP contribution in [-0.4, -0.2) is 14.9 Å². The molecular weight excluding hydrogens is 200 g/mol. The topological polar surface area (TPSA) is 38.0 Å². The van der Waals surface area contributed by atoms with Crippen molar-refractivity contribution in [3.63, 3.8) is 0 Å². The van der Waals surface area contributed by atoms with Crippen molar-refractivity contribution in [3.8, 4) is 16.9 Å². The number of phenolic OH excluding ortho intramolecular Hbond substituents is 1. The lowest BCUT2D eigenvalue weighted by atomic mass is 10.1. The molecule has 0 saturated heterocycles. The average Bonchev–Trinajstić information content (AvgIpc) is 2.49. The monoisotopic (exact) mass is 208 g/mol. The van der Waals surface area contributed by atoms with Gasteiger partial charge in [-0.15, -0.1) is 0 Å². The van der Waals surface area contributed by atoms with Gasteiger partial charge in [-0.25, -0.2) is 0 Å². The van der Waals surface area contributed by atoms with Crippen molar-refractivity contribution in [2.75, 3.05) is 0 Å². The van der Waals surface area contributed by atoms with Gasteiger partial charge in [-0.3, -0.25) is 4.68 Å². The van der Waals surface area contributed by atoms with Crippen LogP contribution in [0.25, 0.3) is 11.1 Å². The molecule has 2 aromatic rings. The Bertz CT molecular complexity index is 465. The summed E-state index contributed by atoms with van der Waals surface area (Å²) in [7, 11) is 1.76. The molecule has 0 spiro atoms. The number of aromatic nitrogens is 2. The third kappa shape index (κ3) is 1.36. The van der Waals surface area contributed by atoms with E-state index in [1.165, 1.54) is 0 Å². The highest BCUT2D eigenvalue weighted by Gasteiger charge is 2.10. The van der Waals surface area contributed by atoms with Gasteiger partial charge in [0.1, 0.15) is 10.9 Å². The molecule has 0 atom stereocenters. The predicted molar refractivity (Wildman–Crippen MR) is 55.3 cm³/mol. The van der Waals surface area contributed by atoms with Crippen LogP contribution in [-0.2, 0) is 7.05 Å². The molecular formula is C10H9ClN2O. The third-order valence-electron chi connectivity index (χ3n) is 2.06. The molecule has 1 N–H and O–H groups in total. The summed E-state index contributed by atoms with van der Waals surface area (Å²) in [6.45, 7) is 0. The zero-order valence-corrected chi connectivity index (χ0v) is 8.36. The number of halogens is 1. The summed E-state index contributed by atoms with van der Waals surface area (Å²) in [6, 6.07) is 7.04. The van der Waals surface area contributed by atoms with E-state index in [0.29, 0.717) is 10.7 Å². The van der Waals surface area contributed by atoms with Gasteiger partial charge in [0, 0.05) is 18.2 Å². The zero-order valence-electron chi connectivity index (χ0n) is 7.61. The maximum atomic E-state index is 9.60. The van der Waals surface area contributed by atoms with Crippen LogP contribution in [0.15, 0.2) is 30.5 Å². The van der Waals surface area contributed by atoms with Gasteiger partial charge in [-0.1, -0.05) is 29.8 Å². The van der Waals surface area contributed by atoms with E-state index in [4.69, 9.17) is 11.6 Å². The summed E-state index contributed by atoms with van der Waals surface area (Å²) >= 11 is 6.00. The fourth-order valence-corrected chi connectivity index (χ4v) is 1.50. The van der Waals surface area contributed by atoms with E-state index in [1.54, 1.807) is 36.1 Å². The Hall–Kier alpha value is -1.48. The number of phenols is 1. The van der Waals surface area contributed by atoms with Crippen molar-refractivity contribution >= 4 is 11.6 Å². The highest BCUT2D eigenvalue weighted by atomic mass is 35.5. The van der Waals surface area contributed by atoms with Crippen molar-refractivity contribution in [2.24, 2.45) is 7.05 Å². The molecule has 0 fully saturated rings. The van der Waals surface area contributed by atoms with Crippen LogP contribution in [0.1, 0.15) is 0 Å². The van der Waals surface area contributed by atoms with E-state index in [1.807, 2.05) is 6.07 Å². The van der Waals surface area contributed by atoms with E-state index in [2.05, 4.69) is 5.10 Å². The Morgan fingerprint density at radius 1 is 1.29 bits per heavy atom. The van der Waals surface area contributed by atoms with Gasteiger partial charge in [0.25, 0.3) is 0 Å². The van der Waals surface area contributed by atoms with Crippen LogP contribution >= 0.6 is 11.6 Å². The smallest absolute Gasteiger partial charge is 0.134 e.